The van der Waals surface area contributed by atoms with E-state index in [1.165, 1.54) is 46.3 Å². The van der Waals surface area contributed by atoms with Crippen molar-refractivity contribution in [3.8, 4) is 22.3 Å². The van der Waals surface area contributed by atoms with Gasteiger partial charge in [-0.2, -0.15) is 23.7 Å². The van der Waals surface area contributed by atoms with Gasteiger partial charge in [-0.25, -0.2) is 46.3 Å². The molecule has 7 heterocycles. The van der Waals surface area contributed by atoms with Crippen LogP contribution in [0.25, 0.3) is 44.1 Å². The summed E-state index contributed by atoms with van der Waals surface area (Å²) in [5, 5.41) is 24.8. The van der Waals surface area contributed by atoms with Crippen LogP contribution in [-0.2, 0) is 100 Å². The van der Waals surface area contributed by atoms with E-state index in [1.54, 1.807) is 87.2 Å². The standard InChI is InChI=1S/C29H26ClF2N5O2S.C16H14N4O3.C13H14ClF2NO.C13H14ClF2NS.CH4.S3.S2.H2S.2H2/c1-16(38)29-22-10-19(20-12-33-17(2)34-13-20)6-8-24(22)37(35-29)15-27(39)36-14-21(31)11-25(36)26(40)9-7-18-4-3-5-23(30)28(18)32;1-9(21)16-13-5-11(12-6-17-10(2)18-7-12)3-4-14(13)20(19-16)8-15(22)23;2*14-10-3-1-2-8(13(10)16)4-5-12(18)11-6-9(15)7-17-11;;1-3-2;1-2;;;/h3-6,8,10,12-13,21,25H,7,9,11,14-15H2,1-2H3;3-7H,8H2,1-2H3,(H,22,23);2*1-3,9,11,17H,4-7H2;1H4;;;1H2;2*1H/t21-,25+;;2*9-,11+;;;;;;/m1.11....../s1. The van der Waals surface area contributed by atoms with Gasteiger partial charge in [0.25, 0.3) is 0 Å². The summed E-state index contributed by atoms with van der Waals surface area (Å²) in [6, 6.07) is 24.2. The molecule has 0 unspecified atom stereocenters. The highest BCUT2D eigenvalue weighted by Gasteiger charge is 2.38. The van der Waals surface area contributed by atoms with Gasteiger partial charge in [-0.3, -0.25) is 33.3 Å². The maximum absolute atomic E-state index is 14.5. The fraction of sp³-hybridized carbons (Fsp3) is 0.347. The number of alkyl halides is 3. The Bertz CT molecular complexity index is 4580. The van der Waals surface area contributed by atoms with Crippen LogP contribution in [0.3, 0.4) is 0 Å². The minimum Gasteiger partial charge on any atom is -0.480 e. The number of carboxylic acid groups (broad SMARTS) is 1. The van der Waals surface area contributed by atoms with Crippen LogP contribution in [0.5, 0.6) is 0 Å². The van der Waals surface area contributed by atoms with Gasteiger partial charge in [-0.05, 0) is 123 Å². The predicted molar refractivity (Wildman–Crippen MR) is 434 cm³/mol. The summed E-state index contributed by atoms with van der Waals surface area (Å²) in [6.45, 7) is 6.43. The van der Waals surface area contributed by atoms with Gasteiger partial charge < -0.3 is 20.6 Å². The molecule has 0 spiro atoms. The Labute approximate surface area is 667 Å². The molecule has 3 aliphatic heterocycles. The Balaban J connectivity index is 0.000000383. The summed E-state index contributed by atoms with van der Waals surface area (Å²) < 4.78 is 84.8. The number of hydrogen-bond donors (Lipinski definition) is 3. The number of hydrogen-bond acceptors (Lipinski definition) is 19. The van der Waals surface area contributed by atoms with Crippen LogP contribution in [0.2, 0.25) is 15.1 Å². The number of amides is 1. The number of aryl methyl sites for hydroxylation is 5. The van der Waals surface area contributed by atoms with Gasteiger partial charge >= 0.3 is 5.97 Å². The second kappa shape index (κ2) is 43.4. The molecule has 9 aromatic rings. The predicted octanol–water partition coefficient (Wildman–Crippen LogP) is 15.2. The third kappa shape index (κ3) is 24.8. The highest BCUT2D eigenvalue weighted by molar-refractivity contribution is 8.37. The fourth-order valence-corrected chi connectivity index (χ4v) is 12.9. The van der Waals surface area contributed by atoms with Crippen molar-refractivity contribution in [2.45, 2.75) is 143 Å². The van der Waals surface area contributed by atoms with E-state index < -0.39 is 48.2 Å². The maximum atomic E-state index is 14.5. The van der Waals surface area contributed by atoms with Crippen LogP contribution >= 0.6 is 72.7 Å². The molecule has 6 atom stereocenters. The quantitative estimate of drug-likeness (QED) is 0.0367. The van der Waals surface area contributed by atoms with Crippen LogP contribution in [0.15, 0.2) is 116 Å². The molecule has 17 nitrogen and oxygen atoms in total. The molecule has 3 saturated heterocycles. The molecule has 5 aromatic carbocycles. The fourth-order valence-electron chi connectivity index (χ4n) is 11.7. The van der Waals surface area contributed by atoms with E-state index in [-0.39, 0.29) is 131 Å². The molecule has 4 aromatic heterocycles. The average molecular weight is 1670 g/mol. The lowest BCUT2D eigenvalue weighted by atomic mass is 10.0. The second-order valence-corrected chi connectivity index (χ2v) is 28.1. The number of fused-ring (bicyclic) bond motifs is 2. The number of halogens is 9. The van der Waals surface area contributed by atoms with E-state index >= 15 is 0 Å². The largest absolute Gasteiger partial charge is 0.480 e. The van der Waals surface area contributed by atoms with Crippen molar-refractivity contribution in [1.29, 1.82) is 0 Å². The van der Waals surface area contributed by atoms with Crippen LogP contribution in [0.1, 0.15) is 112 Å². The normalized spacial score (nSPS) is 16.8. The van der Waals surface area contributed by atoms with Crippen molar-refractivity contribution >= 4 is 187 Å². The third-order valence-electron chi connectivity index (χ3n) is 16.9. The van der Waals surface area contributed by atoms with E-state index in [2.05, 4.69) is 85.5 Å². The summed E-state index contributed by atoms with van der Waals surface area (Å²) >= 11 is 43.7. The Kier molecular flexibility index (Phi) is 36.7. The number of nitrogens with zero attached hydrogens (tertiary/aromatic N) is 9. The Morgan fingerprint density at radius 2 is 0.962 bits per heavy atom. The van der Waals surface area contributed by atoms with E-state index in [1.807, 2.05) is 24.3 Å². The van der Waals surface area contributed by atoms with Crippen molar-refractivity contribution in [2.75, 3.05) is 19.6 Å². The molecule has 3 aliphatic rings. The number of aromatic nitrogens is 8. The Hall–Kier alpha value is -6.85. The van der Waals surface area contributed by atoms with Crippen LogP contribution < -0.4 is 10.6 Å². The molecule has 34 heteroatoms. The van der Waals surface area contributed by atoms with Crippen molar-refractivity contribution in [2.24, 2.45) is 0 Å². The molecule has 12 rings (SSSR count). The number of carbonyl (C=O) groups excluding carboxylic acids is 4. The van der Waals surface area contributed by atoms with Gasteiger partial charge in [0.1, 0.15) is 77.9 Å². The topological polar surface area (TPSA) is 220 Å². The van der Waals surface area contributed by atoms with Gasteiger partial charge in [-0.1, -0.05) is 115 Å². The summed E-state index contributed by atoms with van der Waals surface area (Å²) in [7, 11) is 0.917. The highest BCUT2D eigenvalue weighted by atomic mass is 35.5. The minimum absolute atomic E-state index is 0. The molecule has 0 bridgehead atoms. The smallest absolute Gasteiger partial charge is 0.325 e. The molecular formula is C72H78Cl3F6N11O6S8. The molecule has 568 valence electrons. The van der Waals surface area contributed by atoms with E-state index in [0.29, 0.717) is 100 Å². The van der Waals surface area contributed by atoms with Gasteiger partial charge in [0, 0.05) is 165 Å². The zero-order valence-corrected chi connectivity index (χ0v) is 65.6. The number of carboxylic acids is 1. The Morgan fingerprint density at radius 3 is 1.35 bits per heavy atom. The summed E-state index contributed by atoms with van der Waals surface area (Å²) in [4.78, 5) is 79.9. The van der Waals surface area contributed by atoms with E-state index in [0.717, 1.165) is 36.0 Å². The molecule has 3 N–H and O–H groups in total. The van der Waals surface area contributed by atoms with Gasteiger partial charge in [-0.15, -0.1) is 0 Å². The van der Waals surface area contributed by atoms with Gasteiger partial charge in [0.05, 0.1) is 44.7 Å². The number of thiocarbonyl (C=S) groups is 2. The van der Waals surface area contributed by atoms with Crippen LogP contribution in [0.4, 0.5) is 26.3 Å². The zero-order chi connectivity index (χ0) is 76.1. The first-order chi connectivity index (χ1) is 49.6. The molecule has 0 saturated carbocycles. The lowest BCUT2D eigenvalue weighted by molar-refractivity contribution is -0.138. The molecule has 0 aliphatic carbocycles. The summed E-state index contributed by atoms with van der Waals surface area (Å²) in [6.07, 6.45) is 6.70. The van der Waals surface area contributed by atoms with Crippen LogP contribution in [-0.4, -0.2) is 145 Å². The molecule has 1 amide bonds. The molecular weight excluding hydrogens is 1590 g/mol. The maximum Gasteiger partial charge on any atom is 0.325 e. The van der Waals surface area contributed by atoms with Gasteiger partial charge in [0.2, 0.25) is 5.91 Å². The summed E-state index contributed by atoms with van der Waals surface area (Å²) in [5.74, 6) is -1.95. The number of Topliss-reactive ketones (excluding diaryl/α,β-unsaturated/α-hetero) is 3. The summed E-state index contributed by atoms with van der Waals surface area (Å²) in [5.41, 5.74) is 6.34. The van der Waals surface area contributed by atoms with Crippen molar-refractivity contribution in [3.05, 3.63) is 188 Å². The number of aliphatic carboxylic acids is 1. The molecule has 0 radical (unpaired) electrons. The first kappa shape index (κ1) is 89.8. The number of rotatable bonds is 20. The lowest BCUT2D eigenvalue weighted by Gasteiger charge is -2.25. The second-order valence-electron chi connectivity index (χ2n) is 24.1. The first-order valence-electron chi connectivity index (χ1n) is 32.1. The number of carbonyl (C=O) groups is 5. The molecule has 106 heavy (non-hydrogen) atoms. The first-order valence-corrected chi connectivity index (χ1v) is 38.1. The lowest BCUT2D eigenvalue weighted by Crippen LogP contribution is -2.42. The Morgan fingerprint density at radius 1 is 0.575 bits per heavy atom. The number of benzene rings is 5. The number of nitrogens with one attached hydrogen (secondary N) is 2. The minimum atomic E-state index is -1.23. The number of ketones is 3. The van der Waals surface area contributed by atoms with Gasteiger partial charge in [0.15, 0.2) is 11.6 Å². The van der Waals surface area contributed by atoms with E-state index in [4.69, 9.17) is 64.3 Å². The third-order valence-corrected chi connectivity index (χ3v) is 18.7. The monoisotopic (exact) mass is 1670 g/mol. The van der Waals surface area contributed by atoms with Crippen molar-refractivity contribution in [1.82, 2.24) is 55.0 Å². The average Bonchev–Trinajstić information content (AvgIpc) is 1.63. The molecule has 3 fully saturated rings. The highest BCUT2D eigenvalue weighted by Crippen LogP contribution is 2.32. The van der Waals surface area contributed by atoms with E-state index in [9.17, 15) is 50.3 Å². The van der Waals surface area contributed by atoms with Crippen molar-refractivity contribution in [3.63, 3.8) is 0 Å². The van der Waals surface area contributed by atoms with Crippen LogP contribution in [0, 0.1) is 31.3 Å². The van der Waals surface area contributed by atoms with Crippen molar-refractivity contribution < 1.29 is 58.3 Å². The SMILES string of the molecule is C.CC(=O)c1nn(CC(=O)N2C[C@H](F)C[C@H]2C(=S)CCc2cccc(Cl)c2F)c2ccc(-c3cnc(C)nc3)cc12.CC(=O)c1nn(CC(=O)O)c2ccc(-c3cnc(C)nc3)cc12.Fc1c(Cl)cccc1CCC(=S)[C@@H]1C[C@@H](F)CN1.O=C(CCc1cccc(Cl)c1F)[C@@H]1C[C@@H](F)CN1.S.S=S.S=S=S.[HH].[HH]. The number of likely N-dealkylation sites (tertiary alicyclic amines) is 1. The zero-order valence-electron chi connectivity index (χ0n) is 56.6.